The fourth-order valence-electron chi connectivity index (χ4n) is 4.42. The molecule has 1 atom stereocenters. The molecule has 1 aliphatic carbocycles. The minimum atomic E-state index is -0.766. The van der Waals surface area contributed by atoms with E-state index in [0.717, 1.165) is 12.8 Å². The molecule has 24 heavy (non-hydrogen) atoms. The van der Waals surface area contributed by atoms with Crippen molar-refractivity contribution in [1.82, 2.24) is 9.80 Å². The highest BCUT2D eigenvalue weighted by Crippen LogP contribution is 2.30. The largest absolute Gasteiger partial charge is 0.481 e. The summed E-state index contributed by atoms with van der Waals surface area (Å²) in [5, 5.41) is 9.06. The molecule has 0 aromatic heterocycles. The van der Waals surface area contributed by atoms with Crippen LogP contribution in [0.15, 0.2) is 0 Å². The van der Waals surface area contributed by atoms with E-state index in [4.69, 9.17) is 5.11 Å². The van der Waals surface area contributed by atoms with E-state index >= 15 is 0 Å². The monoisotopic (exact) mass is 336 g/mol. The highest BCUT2D eigenvalue weighted by atomic mass is 16.4. The average Bonchev–Trinajstić information content (AvgIpc) is 2.80. The summed E-state index contributed by atoms with van der Waals surface area (Å²) in [4.78, 5) is 39.9. The summed E-state index contributed by atoms with van der Waals surface area (Å²) in [6.07, 6.45) is 8.36. The Morgan fingerprint density at radius 3 is 2.12 bits per heavy atom. The van der Waals surface area contributed by atoms with Crippen LogP contribution in [0.25, 0.3) is 0 Å². The first-order chi connectivity index (χ1) is 11.6. The Kier molecular flexibility index (Phi) is 5.41. The quantitative estimate of drug-likeness (QED) is 0.798. The van der Waals surface area contributed by atoms with Crippen LogP contribution in [0.5, 0.6) is 0 Å². The molecule has 0 bridgehead atoms. The van der Waals surface area contributed by atoms with Crippen molar-refractivity contribution >= 4 is 17.8 Å². The highest BCUT2D eigenvalue weighted by Gasteiger charge is 2.40. The molecule has 0 spiro atoms. The summed E-state index contributed by atoms with van der Waals surface area (Å²) in [7, 11) is 0. The van der Waals surface area contributed by atoms with E-state index in [-0.39, 0.29) is 23.7 Å². The van der Waals surface area contributed by atoms with Gasteiger partial charge in [-0.2, -0.15) is 0 Å². The third kappa shape index (κ3) is 3.73. The van der Waals surface area contributed by atoms with Crippen molar-refractivity contribution in [2.24, 2.45) is 11.8 Å². The average molecular weight is 336 g/mol. The predicted molar refractivity (Wildman–Crippen MR) is 88.2 cm³/mol. The Labute approximate surface area is 143 Å². The number of rotatable bonds is 3. The zero-order valence-electron chi connectivity index (χ0n) is 14.3. The molecule has 1 saturated carbocycles. The fourth-order valence-corrected chi connectivity index (χ4v) is 4.42. The second kappa shape index (κ2) is 7.53. The standard InChI is InChI=1S/C18H28N2O4/c21-16-11-14(12-20(16)15-5-3-1-2-4-6-15)17(22)19-9-7-13(8-10-19)18(23)24/h13-15H,1-12H2,(H,23,24)/t14-/m1/s1. The van der Waals surface area contributed by atoms with Crippen LogP contribution in [-0.2, 0) is 14.4 Å². The summed E-state index contributed by atoms with van der Waals surface area (Å²) >= 11 is 0. The number of carbonyl (C=O) groups excluding carboxylic acids is 2. The molecule has 0 aromatic rings. The van der Waals surface area contributed by atoms with Crippen LogP contribution >= 0.6 is 0 Å². The number of likely N-dealkylation sites (tertiary alicyclic amines) is 2. The number of amides is 2. The van der Waals surface area contributed by atoms with Crippen molar-refractivity contribution < 1.29 is 19.5 Å². The SMILES string of the molecule is O=C(O)C1CCN(C(=O)[C@@H]2CC(=O)N(C3CCCCCC3)C2)CC1. The van der Waals surface area contributed by atoms with Crippen molar-refractivity contribution in [2.45, 2.75) is 63.8 Å². The van der Waals surface area contributed by atoms with Crippen molar-refractivity contribution in [3.8, 4) is 0 Å². The number of piperidine rings is 1. The highest BCUT2D eigenvalue weighted by molar-refractivity contribution is 5.89. The van der Waals surface area contributed by atoms with Gasteiger partial charge in [0.1, 0.15) is 0 Å². The normalized spacial score (nSPS) is 27.3. The van der Waals surface area contributed by atoms with Gasteiger partial charge in [-0.25, -0.2) is 0 Å². The summed E-state index contributed by atoms with van der Waals surface area (Å²) < 4.78 is 0. The number of carboxylic acid groups (broad SMARTS) is 1. The molecule has 6 heteroatoms. The molecule has 3 fully saturated rings. The third-order valence-corrected chi connectivity index (χ3v) is 5.93. The van der Waals surface area contributed by atoms with E-state index < -0.39 is 5.97 Å². The smallest absolute Gasteiger partial charge is 0.306 e. The minimum Gasteiger partial charge on any atom is -0.481 e. The van der Waals surface area contributed by atoms with E-state index in [9.17, 15) is 14.4 Å². The predicted octanol–water partition coefficient (Wildman–Crippen LogP) is 1.88. The molecule has 2 saturated heterocycles. The molecule has 0 unspecified atom stereocenters. The number of hydrogen-bond acceptors (Lipinski definition) is 3. The molecule has 2 aliphatic heterocycles. The van der Waals surface area contributed by atoms with Gasteiger partial charge in [-0.15, -0.1) is 0 Å². The van der Waals surface area contributed by atoms with E-state index in [1.807, 2.05) is 4.90 Å². The zero-order chi connectivity index (χ0) is 17.1. The molecule has 2 heterocycles. The Balaban J connectivity index is 1.55. The molecule has 6 nitrogen and oxygen atoms in total. The van der Waals surface area contributed by atoms with E-state index in [2.05, 4.69) is 0 Å². The van der Waals surface area contributed by atoms with E-state index in [1.54, 1.807) is 4.90 Å². The maximum Gasteiger partial charge on any atom is 0.306 e. The number of aliphatic carboxylic acids is 1. The van der Waals surface area contributed by atoms with Crippen LogP contribution in [-0.4, -0.2) is 58.4 Å². The van der Waals surface area contributed by atoms with Gasteiger partial charge in [0.2, 0.25) is 11.8 Å². The van der Waals surface area contributed by atoms with Gasteiger partial charge in [-0.05, 0) is 25.7 Å². The first-order valence-corrected chi connectivity index (χ1v) is 9.37. The summed E-state index contributed by atoms with van der Waals surface area (Å²) in [6.45, 7) is 1.56. The van der Waals surface area contributed by atoms with Gasteiger partial charge in [0.25, 0.3) is 0 Å². The first-order valence-electron chi connectivity index (χ1n) is 9.37. The molecule has 3 aliphatic rings. The van der Waals surface area contributed by atoms with Gasteiger partial charge in [-0.1, -0.05) is 25.7 Å². The van der Waals surface area contributed by atoms with Crippen molar-refractivity contribution in [3.05, 3.63) is 0 Å². The molecule has 2 amide bonds. The van der Waals surface area contributed by atoms with Crippen LogP contribution in [0.2, 0.25) is 0 Å². The molecular formula is C18H28N2O4. The van der Waals surface area contributed by atoms with Crippen LogP contribution < -0.4 is 0 Å². The second-order valence-electron chi connectivity index (χ2n) is 7.53. The van der Waals surface area contributed by atoms with Crippen LogP contribution in [0, 0.1) is 11.8 Å². The number of carboxylic acids is 1. The lowest BCUT2D eigenvalue weighted by Crippen LogP contribution is -2.44. The number of nitrogens with zero attached hydrogens (tertiary/aromatic N) is 2. The molecule has 0 aromatic carbocycles. The Morgan fingerprint density at radius 2 is 1.54 bits per heavy atom. The molecule has 3 rings (SSSR count). The van der Waals surface area contributed by atoms with Crippen LogP contribution in [0.1, 0.15) is 57.8 Å². The second-order valence-corrected chi connectivity index (χ2v) is 7.53. The zero-order valence-corrected chi connectivity index (χ0v) is 14.3. The summed E-state index contributed by atoms with van der Waals surface area (Å²) in [5.74, 6) is -1.16. The third-order valence-electron chi connectivity index (χ3n) is 5.93. The fraction of sp³-hybridized carbons (Fsp3) is 0.833. The Hall–Kier alpha value is -1.59. The topological polar surface area (TPSA) is 77.9 Å². The van der Waals surface area contributed by atoms with Gasteiger partial charge in [0.05, 0.1) is 11.8 Å². The van der Waals surface area contributed by atoms with Crippen molar-refractivity contribution in [2.75, 3.05) is 19.6 Å². The van der Waals surface area contributed by atoms with Gasteiger partial charge in [0, 0.05) is 32.1 Å². The van der Waals surface area contributed by atoms with Gasteiger partial charge < -0.3 is 14.9 Å². The lowest BCUT2D eigenvalue weighted by Gasteiger charge is -2.32. The lowest BCUT2D eigenvalue weighted by atomic mass is 9.95. The number of carbonyl (C=O) groups is 3. The Bertz CT molecular complexity index is 491. The Morgan fingerprint density at radius 1 is 0.917 bits per heavy atom. The van der Waals surface area contributed by atoms with E-state index in [0.29, 0.717) is 44.9 Å². The van der Waals surface area contributed by atoms with E-state index in [1.165, 1.54) is 25.7 Å². The van der Waals surface area contributed by atoms with Gasteiger partial charge in [-0.3, -0.25) is 14.4 Å². The summed E-state index contributed by atoms with van der Waals surface area (Å²) in [5.41, 5.74) is 0. The lowest BCUT2D eigenvalue weighted by molar-refractivity contribution is -0.146. The molecule has 134 valence electrons. The maximum absolute atomic E-state index is 12.7. The molecule has 0 radical (unpaired) electrons. The molecular weight excluding hydrogens is 308 g/mol. The first kappa shape index (κ1) is 17.2. The van der Waals surface area contributed by atoms with Gasteiger partial charge in [0.15, 0.2) is 0 Å². The molecule has 1 N–H and O–H groups in total. The minimum absolute atomic E-state index is 0.0447. The van der Waals surface area contributed by atoms with Crippen molar-refractivity contribution in [1.29, 1.82) is 0 Å². The van der Waals surface area contributed by atoms with Gasteiger partial charge >= 0.3 is 5.97 Å². The number of hydrogen-bond donors (Lipinski definition) is 1. The van der Waals surface area contributed by atoms with Crippen LogP contribution in [0.3, 0.4) is 0 Å². The summed E-state index contributed by atoms with van der Waals surface area (Å²) in [6, 6.07) is 0.315. The maximum atomic E-state index is 12.7. The van der Waals surface area contributed by atoms with Crippen molar-refractivity contribution in [3.63, 3.8) is 0 Å². The van der Waals surface area contributed by atoms with Crippen LogP contribution in [0.4, 0.5) is 0 Å².